The van der Waals surface area contributed by atoms with E-state index in [2.05, 4.69) is 5.32 Å². The molecule has 1 aromatic carbocycles. The molecule has 154 valence electrons. The molecule has 2 aliphatic rings. The molecule has 1 saturated carbocycles. The van der Waals surface area contributed by atoms with Crippen LogP contribution in [0.25, 0.3) is 0 Å². The van der Waals surface area contributed by atoms with Crippen molar-refractivity contribution in [3.63, 3.8) is 0 Å². The van der Waals surface area contributed by atoms with Gasteiger partial charge in [0.2, 0.25) is 10.0 Å². The molecule has 0 aromatic heterocycles. The number of amides is 1. The van der Waals surface area contributed by atoms with Crippen LogP contribution in [-0.2, 0) is 24.3 Å². The summed E-state index contributed by atoms with van der Waals surface area (Å²) in [6.07, 6.45) is 3.18. The maximum atomic E-state index is 12.6. The number of carbonyl (C=O) groups is 2. The number of hydrogen-bond donors (Lipinski definition) is 1. The smallest absolute Gasteiger partial charge is 0.338 e. The highest BCUT2D eigenvalue weighted by molar-refractivity contribution is 7.89. The Kier molecular flexibility index (Phi) is 6.69. The Balaban J connectivity index is 1.59. The third kappa shape index (κ3) is 4.89. The second-order valence-electron chi connectivity index (χ2n) is 7.08. The Hall–Kier alpha value is -1.97. The number of nitrogens with zero attached hydrogens (tertiary/aromatic N) is 1. The molecule has 28 heavy (non-hydrogen) atoms. The van der Waals surface area contributed by atoms with E-state index < -0.39 is 22.1 Å². The van der Waals surface area contributed by atoms with Crippen LogP contribution in [0.1, 0.15) is 43.0 Å². The van der Waals surface area contributed by atoms with Crippen LogP contribution in [0.4, 0.5) is 0 Å². The molecule has 1 aliphatic heterocycles. The van der Waals surface area contributed by atoms with Gasteiger partial charge in [0.25, 0.3) is 5.91 Å². The molecule has 8 nitrogen and oxygen atoms in total. The van der Waals surface area contributed by atoms with E-state index in [0.29, 0.717) is 26.3 Å². The van der Waals surface area contributed by atoms with Crippen LogP contribution in [0, 0.1) is 0 Å². The van der Waals surface area contributed by atoms with Crippen molar-refractivity contribution in [2.24, 2.45) is 0 Å². The first-order chi connectivity index (χ1) is 13.4. The first-order valence-corrected chi connectivity index (χ1v) is 11.0. The quantitative estimate of drug-likeness (QED) is 0.710. The Morgan fingerprint density at radius 3 is 2.36 bits per heavy atom. The summed E-state index contributed by atoms with van der Waals surface area (Å²) in [5.74, 6) is -0.976. The Morgan fingerprint density at radius 2 is 1.75 bits per heavy atom. The normalized spacial score (nSPS) is 19.9. The lowest BCUT2D eigenvalue weighted by Gasteiger charge is -2.26. The first kappa shape index (κ1) is 20.8. The van der Waals surface area contributed by atoms with E-state index in [9.17, 15) is 18.0 Å². The molecule has 1 aliphatic carbocycles. The van der Waals surface area contributed by atoms with Gasteiger partial charge >= 0.3 is 5.97 Å². The second kappa shape index (κ2) is 9.02. The van der Waals surface area contributed by atoms with E-state index in [1.807, 2.05) is 0 Å². The van der Waals surface area contributed by atoms with Crippen molar-refractivity contribution >= 4 is 21.9 Å². The largest absolute Gasteiger partial charge is 0.449 e. The highest BCUT2D eigenvalue weighted by atomic mass is 32.2. The van der Waals surface area contributed by atoms with E-state index in [1.54, 1.807) is 0 Å². The molecule has 1 heterocycles. The fourth-order valence-electron chi connectivity index (χ4n) is 3.37. The summed E-state index contributed by atoms with van der Waals surface area (Å²) in [4.78, 5) is 24.5. The van der Waals surface area contributed by atoms with Crippen LogP contribution in [0.15, 0.2) is 29.2 Å². The summed E-state index contributed by atoms with van der Waals surface area (Å²) in [5, 5.41) is 2.89. The maximum Gasteiger partial charge on any atom is 0.338 e. The summed E-state index contributed by atoms with van der Waals surface area (Å²) in [6.45, 7) is 2.87. The van der Waals surface area contributed by atoms with Gasteiger partial charge in [-0.25, -0.2) is 13.2 Å². The summed E-state index contributed by atoms with van der Waals surface area (Å²) in [7, 11) is -3.62. The predicted molar refractivity (Wildman–Crippen MR) is 101 cm³/mol. The standard InChI is InChI=1S/C19H26N2O6S/c1-14(18(22)20-16-4-2-3-5-16)27-19(23)15-6-8-17(9-7-15)28(24,25)21-10-12-26-13-11-21/h6-9,14,16H,2-5,10-13H2,1H3,(H,20,22)/t14-/m0/s1. The van der Waals surface area contributed by atoms with Crippen LogP contribution in [-0.4, -0.2) is 63.0 Å². The molecule has 0 bridgehead atoms. The zero-order valence-corrected chi connectivity index (χ0v) is 16.7. The number of morpholine rings is 1. The lowest BCUT2D eigenvalue weighted by Crippen LogP contribution is -2.41. The molecule has 1 saturated heterocycles. The highest BCUT2D eigenvalue weighted by Gasteiger charge is 2.27. The molecule has 1 amide bonds. The van der Waals surface area contributed by atoms with Crippen molar-refractivity contribution in [2.75, 3.05) is 26.3 Å². The average Bonchev–Trinajstić information content (AvgIpc) is 3.21. The summed E-state index contributed by atoms with van der Waals surface area (Å²) >= 11 is 0. The summed E-state index contributed by atoms with van der Waals surface area (Å²) in [5.41, 5.74) is 0.196. The number of rotatable bonds is 6. The molecule has 0 spiro atoms. The number of hydrogen-bond acceptors (Lipinski definition) is 6. The van der Waals surface area contributed by atoms with E-state index in [0.717, 1.165) is 25.7 Å². The van der Waals surface area contributed by atoms with Gasteiger partial charge in [0.1, 0.15) is 0 Å². The van der Waals surface area contributed by atoms with Gasteiger partial charge in [0.05, 0.1) is 23.7 Å². The van der Waals surface area contributed by atoms with Crippen LogP contribution >= 0.6 is 0 Å². The molecular formula is C19H26N2O6S. The first-order valence-electron chi connectivity index (χ1n) is 9.57. The van der Waals surface area contributed by atoms with Crippen molar-refractivity contribution in [2.45, 2.75) is 49.6 Å². The van der Waals surface area contributed by atoms with Crippen molar-refractivity contribution in [3.05, 3.63) is 29.8 Å². The maximum absolute atomic E-state index is 12.6. The topological polar surface area (TPSA) is 102 Å². The SMILES string of the molecule is C[C@H](OC(=O)c1ccc(S(=O)(=O)N2CCOCC2)cc1)C(=O)NC1CCCC1. The number of ether oxygens (including phenoxy) is 2. The molecule has 1 N–H and O–H groups in total. The zero-order valence-electron chi connectivity index (χ0n) is 15.9. The summed E-state index contributed by atoms with van der Waals surface area (Å²) in [6, 6.07) is 5.71. The van der Waals surface area contributed by atoms with Gasteiger partial charge in [-0.05, 0) is 44.0 Å². The fraction of sp³-hybridized carbons (Fsp3) is 0.579. The Morgan fingerprint density at radius 1 is 1.14 bits per heavy atom. The average molecular weight is 410 g/mol. The molecule has 3 rings (SSSR count). The minimum atomic E-state index is -3.62. The van der Waals surface area contributed by atoms with E-state index in [4.69, 9.17) is 9.47 Å². The summed E-state index contributed by atoms with van der Waals surface area (Å²) < 4.78 is 37.0. The Bertz CT molecular complexity index is 796. The number of sulfonamides is 1. The van der Waals surface area contributed by atoms with Crippen molar-refractivity contribution in [1.29, 1.82) is 0 Å². The lowest BCUT2D eigenvalue weighted by molar-refractivity contribution is -0.129. The van der Waals surface area contributed by atoms with Gasteiger partial charge in [-0.3, -0.25) is 4.79 Å². The van der Waals surface area contributed by atoms with E-state index >= 15 is 0 Å². The molecule has 9 heteroatoms. The van der Waals surface area contributed by atoms with Crippen molar-refractivity contribution < 1.29 is 27.5 Å². The Labute approximate surface area is 165 Å². The van der Waals surface area contributed by atoms with Gasteiger partial charge in [-0.15, -0.1) is 0 Å². The van der Waals surface area contributed by atoms with E-state index in [-0.39, 0.29) is 22.4 Å². The molecule has 0 unspecified atom stereocenters. The number of benzene rings is 1. The lowest BCUT2D eigenvalue weighted by atomic mass is 10.2. The van der Waals surface area contributed by atoms with Gasteiger partial charge in [0, 0.05) is 19.1 Å². The van der Waals surface area contributed by atoms with Crippen molar-refractivity contribution in [3.8, 4) is 0 Å². The van der Waals surface area contributed by atoms with Crippen LogP contribution in [0.2, 0.25) is 0 Å². The minimum Gasteiger partial charge on any atom is -0.449 e. The molecule has 2 fully saturated rings. The molecule has 0 radical (unpaired) electrons. The molecule has 1 aromatic rings. The van der Waals surface area contributed by atoms with Crippen molar-refractivity contribution in [1.82, 2.24) is 9.62 Å². The second-order valence-corrected chi connectivity index (χ2v) is 9.02. The monoisotopic (exact) mass is 410 g/mol. The van der Waals surface area contributed by atoms with Gasteiger partial charge in [-0.1, -0.05) is 12.8 Å². The molecule has 1 atom stereocenters. The van der Waals surface area contributed by atoms with Gasteiger partial charge in [-0.2, -0.15) is 4.31 Å². The third-order valence-corrected chi connectivity index (χ3v) is 6.97. The molecular weight excluding hydrogens is 384 g/mol. The van der Waals surface area contributed by atoms with Crippen LogP contribution < -0.4 is 5.32 Å². The number of carbonyl (C=O) groups excluding carboxylic acids is 2. The van der Waals surface area contributed by atoms with Crippen LogP contribution in [0.3, 0.4) is 0 Å². The predicted octanol–water partition coefficient (Wildman–Crippen LogP) is 1.31. The zero-order chi connectivity index (χ0) is 20.1. The third-order valence-electron chi connectivity index (χ3n) is 5.05. The number of nitrogens with one attached hydrogen (secondary N) is 1. The fourth-order valence-corrected chi connectivity index (χ4v) is 4.78. The highest BCUT2D eigenvalue weighted by Crippen LogP contribution is 2.19. The van der Waals surface area contributed by atoms with E-state index in [1.165, 1.54) is 35.5 Å². The van der Waals surface area contributed by atoms with Gasteiger partial charge < -0.3 is 14.8 Å². The van der Waals surface area contributed by atoms with Gasteiger partial charge in [0.15, 0.2) is 6.10 Å². The minimum absolute atomic E-state index is 0.109. The van der Waals surface area contributed by atoms with Crippen LogP contribution in [0.5, 0.6) is 0 Å². The number of esters is 1.